The Morgan fingerprint density at radius 2 is 1.87 bits per heavy atom. The van der Waals surface area contributed by atoms with Gasteiger partial charge in [0.2, 0.25) is 0 Å². The summed E-state index contributed by atoms with van der Waals surface area (Å²) in [6.45, 7) is 11.0. The Balaban J connectivity index is 2.99. The van der Waals surface area contributed by atoms with Crippen LogP contribution in [0.25, 0.3) is 0 Å². The van der Waals surface area contributed by atoms with Gasteiger partial charge >= 0.3 is 0 Å². The third-order valence-electron chi connectivity index (χ3n) is 4.38. The first-order valence-electron chi connectivity index (χ1n) is 5.99. The van der Waals surface area contributed by atoms with Crippen molar-refractivity contribution in [1.82, 2.24) is 0 Å². The van der Waals surface area contributed by atoms with Gasteiger partial charge in [-0.25, -0.2) is 0 Å². The second kappa shape index (κ2) is 4.06. The van der Waals surface area contributed by atoms with Crippen molar-refractivity contribution in [2.24, 2.45) is 16.7 Å². The van der Waals surface area contributed by atoms with E-state index in [4.69, 9.17) is 4.74 Å². The summed E-state index contributed by atoms with van der Waals surface area (Å²) >= 11 is 0. The third kappa shape index (κ3) is 2.07. The number of hydrogen-bond acceptors (Lipinski definition) is 2. The highest BCUT2D eigenvalue weighted by molar-refractivity contribution is 5.01. The van der Waals surface area contributed by atoms with E-state index < -0.39 is 0 Å². The number of methoxy groups -OCH3 is 1. The van der Waals surface area contributed by atoms with Gasteiger partial charge in [-0.3, -0.25) is 0 Å². The van der Waals surface area contributed by atoms with E-state index in [2.05, 4.69) is 34.6 Å². The lowest BCUT2D eigenvalue weighted by Gasteiger charge is -2.53. The first-order valence-corrected chi connectivity index (χ1v) is 5.99. The van der Waals surface area contributed by atoms with E-state index in [0.29, 0.717) is 0 Å². The highest BCUT2D eigenvalue weighted by atomic mass is 16.5. The molecule has 0 saturated heterocycles. The molecule has 1 aliphatic carbocycles. The predicted molar refractivity (Wildman–Crippen MR) is 62.8 cm³/mol. The van der Waals surface area contributed by atoms with Crippen LogP contribution in [0.15, 0.2) is 0 Å². The summed E-state index contributed by atoms with van der Waals surface area (Å²) in [5.74, 6) is 0.212. The van der Waals surface area contributed by atoms with Crippen LogP contribution in [-0.2, 0) is 4.74 Å². The highest BCUT2D eigenvalue weighted by Crippen LogP contribution is 2.51. The molecule has 0 spiro atoms. The maximum atomic E-state index is 10.4. The van der Waals surface area contributed by atoms with Gasteiger partial charge in [0.1, 0.15) is 0 Å². The van der Waals surface area contributed by atoms with Crippen molar-refractivity contribution < 1.29 is 9.84 Å². The molecule has 4 atom stereocenters. The average Bonchev–Trinajstić information content (AvgIpc) is 2.14. The maximum absolute atomic E-state index is 10.4. The van der Waals surface area contributed by atoms with Gasteiger partial charge in [-0.1, -0.05) is 34.6 Å². The van der Waals surface area contributed by atoms with E-state index in [1.165, 1.54) is 0 Å². The summed E-state index contributed by atoms with van der Waals surface area (Å²) in [5, 5.41) is 10.4. The molecule has 0 aliphatic heterocycles. The van der Waals surface area contributed by atoms with Crippen LogP contribution >= 0.6 is 0 Å². The van der Waals surface area contributed by atoms with Crippen LogP contribution in [0, 0.1) is 16.7 Å². The molecule has 1 aliphatic rings. The van der Waals surface area contributed by atoms with Crippen molar-refractivity contribution in [2.45, 2.75) is 59.7 Å². The molecule has 90 valence electrons. The lowest BCUT2D eigenvalue weighted by Crippen LogP contribution is -2.55. The molecule has 0 bridgehead atoms. The zero-order chi connectivity index (χ0) is 11.9. The SMILES string of the molecule is CCC1(C)CC(C)(C)C(OC)C(C)C1O. The molecule has 2 nitrogen and oxygen atoms in total. The molecule has 2 heteroatoms. The number of hydrogen-bond donors (Lipinski definition) is 1. The highest BCUT2D eigenvalue weighted by Gasteiger charge is 2.51. The summed E-state index contributed by atoms with van der Waals surface area (Å²) in [6, 6.07) is 0. The molecular weight excluding hydrogens is 188 g/mol. The fourth-order valence-corrected chi connectivity index (χ4v) is 3.63. The van der Waals surface area contributed by atoms with Crippen LogP contribution < -0.4 is 0 Å². The lowest BCUT2D eigenvalue weighted by molar-refractivity contribution is -0.163. The average molecular weight is 214 g/mol. The molecule has 0 radical (unpaired) electrons. The Kier molecular flexibility index (Phi) is 3.52. The molecule has 1 N–H and O–H groups in total. The summed E-state index contributed by atoms with van der Waals surface area (Å²) < 4.78 is 5.57. The van der Waals surface area contributed by atoms with Crippen LogP contribution in [0.2, 0.25) is 0 Å². The van der Waals surface area contributed by atoms with Gasteiger partial charge < -0.3 is 9.84 Å². The molecule has 1 fully saturated rings. The molecule has 0 aromatic carbocycles. The minimum absolute atomic E-state index is 0.0396. The Bertz CT molecular complexity index is 225. The molecule has 0 heterocycles. The zero-order valence-corrected chi connectivity index (χ0v) is 11.0. The van der Waals surface area contributed by atoms with E-state index in [1.54, 1.807) is 7.11 Å². The smallest absolute Gasteiger partial charge is 0.0672 e. The van der Waals surface area contributed by atoms with Crippen molar-refractivity contribution in [1.29, 1.82) is 0 Å². The van der Waals surface area contributed by atoms with Crippen molar-refractivity contribution in [3.05, 3.63) is 0 Å². The standard InChI is InChI=1S/C13H26O2/c1-7-13(5)8-12(3,4)11(15-6)9(2)10(13)14/h9-11,14H,7-8H2,1-6H3. The van der Waals surface area contributed by atoms with E-state index in [0.717, 1.165) is 12.8 Å². The normalized spacial score (nSPS) is 45.4. The van der Waals surface area contributed by atoms with Gasteiger partial charge in [0.05, 0.1) is 12.2 Å². The second-order valence-corrected chi connectivity index (χ2v) is 6.13. The van der Waals surface area contributed by atoms with Crippen LogP contribution in [0.4, 0.5) is 0 Å². The summed E-state index contributed by atoms with van der Waals surface area (Å²) in [4.78, 5) is 0. The molecule has 15 heavy (non-hydrogen) atoms. The van der Waals surface area contributed by atoms with E-state index in [-0.39, 0.29) is 29.0 Å². The largest absolute Gasteiger partial charge is 0.392 e. The monoisotopic (exact) mass is 214 g/mol. The van der Waals surface area contributed by atoms with Gasteiger partial charge in [-0.05, 0) is 23.7 Å². The van der Waals surface area contributed by atoms with E-state index in [9.17, 15) is 5.11 Å². The molecule has 1 rings (SSSR count). The molecule has 0 amide bonds. The number of rotatable bonds is 2. The van der Waals surface area contributed by atoms with Crippen LogP contribution in [0.3, 0.4) is 0 Å². The summed E-state index contributed by atoms with van der Waals surface area (Å²) in [5.41, 5.74) is 0.191. The zero-order valence-electron chi connectivity index (χ0n) is 11.0. The van der Waals surface area contributed by atoms with Crippen molar-refractivity contribution >= 4 is 0 Å². The quantitative estimate of drug-likeness (QED) is 0.766. The van der Waals surface area contributed by atoms with Gasteiger partial charge in [0.25, 0.3) is 0 Å². The van der Waals surface area contributed by atoms with Gasteiger partial charge in [-0.2, -0.15) is 0 Å². The van der Waals surface area contributed by atoms with Crippen LogP contribution in [0.1, 0.15) is 47.5 Å². The molecule has 4 unspecified atom stereocenters. The first-order chi connectivity index (χ1) is 6.78. The first kappa shape index (κ1) is 13.0. The van der Waals surface area contributed by atoms with Crippen molar-refractivity contribution in [2.75, 3.05) is 7.11 Å². The topological polar surface area (TPSA) is 29.5 Å². The minimum Gasteiger partial charge on any atom is -0.392 e. The maximum Gasteiger partial charge on any atom is 0.0672 e. The number of ether oxygens (including phenoxy) is 1. The second-order valence-electron chi connectivity index (χ2n) is 6.13. The Labute approximate surface area is 94.0 Å². The predicted octanol–water partition coefficient (Wildman–Crippen LogP) is 2.84. The molecule has 0 aromatic rings. The lowest BCUT2D eigenvalue weighted by atomic mass is 9.57. The number of aliphatic hydroxyl groups is 1. The fraction of sp³-hybridized carbons (Fsp3) is 1.00. The van der Waals surface area contributed by atoms with Gasteiger partial charge in [0, 0.05) is 13.0 Å². The van der Waals surface area contributed by atoms with E-state index in [1.807, 2.05) is 0 Å². The van der Waals surface area contributed by atoms with E-state index >= 15 is 0 Å². The van der Waals surface area contributed by atoms with Gasteiger partial charge in [-0.15, -0.1) is 0 Å². The summed E-state index contributed by atoms with van der Waals surface area (Å²) in [7, 11) is 1.75. The van der Waals surface area contributed by atoms with Crippen molar-refractivity contribution in [3.63, 3.8) is 0 Å². The summed E-state index contributed by atoms with van der Waals surface area (Å²) in [6.07, 6.45) is 1.96. The van der Waals surface area contributed by atoms with Crippen LogP contribution in [-0.4, -0.2) is 24.4 Å². The molecular formula is C13H26O2. The Hall–Kier alpha value is -0.0800. The molecule has 0 aromatic heterocycles. The fourth-order valence-electron chi connectivity index (χ4n) is 3.63. The van der Waals surface area contributed by atoms with Crippen molar-refractivity contribution in [3.8, 4) is 0 Å². The van der Waals surface area contributed by atoms with Crippen LogP contribution in [0.5, 0.6) is 0 Å². The van der Waals surface area contributed by atoms with Gasteiger partial charge in [0.15, 0.2) is 0 Å². The molecule has 1 saturated carbocycles. The third-order valence-corrected chi connectivity index (χ3v) is 4.38. The number of aliphatic hydroxyl groups excluding tert-OH is 1. The Morgan fingerprint density at radius 3 is 2.27 bits per heavy atom. The Morgan fingerprint density at radius 1 is 1.33 bits per heavy atom. The minimum atomic E-state index is -0.250.